The minimum Gasteiger partial charge on any atom is -0.399 e. The fourth-order valence-electron chi connectivity index (χ4n) is 2.00. The molecule has 0 fully saturated rings. The zero-order valence-corrected chi connectivity index (χ0v) is 12.5. The zero-order chi connectivity index (χ0) is 14.4. The maximum atomic E-state index is 12.2. The molecule has 4 heteroatoms. The van der Waals surface area contributed by atoms with Gasteiger partial charge in [-0.2, -0.15) is 0 Å². The topological polar surface area (TPSA) is 55.1 Å². The molecule has 106 valence electrons. The van der Waals surface area contributed by atoms with Crippen LogP contribution in [0.5, 0.6) is 0 Å². The second-order valence-electron chi connectivity index (χ2n) is 4.78. The van der Waals surface area contributed by atoms with Gasteiger partial charge in [0.05, 0.1) is 4.90 Å². The van der Waals surface area contributed by atoms with E-state index in [0.717, 1.165) is 29.8 Å². The van der Waals surface area contributed by atoms with Crippen LogP contribution in [-0.4, -0.2) is 10.8 Å². The van der Waals surface area contributed by atoms with Crippen molar-refractivity contribution in [3.63, 3.8) is 0 Å². The van der Waals surface area contributed by atoms with Crippen LogP contribution in [0.3, 0.4) is 0 Å². The van der Waals surface area contributed by atoms with E-state index < -0.39 is 11.0 Å². The highest BCUT2D eigenvalue weighted by atomic mass is 32.2. The van der Waals surface area contributed by atoms with Crippen LogP contribution in [0.4, 0.5) is 5.69 Å². The molecule has 2 aromatic rings. The zero-order valence-electron chi connectivity index (χ0n) is 11.6. The van der Waals surface area contributed by atoms with Gasteiger partial charge in [-0.3, -0.25) is 0 Å². The summed E-state index contributed by atoms with van der Waals surface area (Å²) in [5.74, 6) is 0. The van der Waals surface area contributed by atoms with Gasteiger partial charge >= 0.3 is 0 Å². The molecule has 0 spiro atoms. The Kier molecular flexibility index (Phi) is 5.32. The normalized spacial score (nSPS) is 12.2. The molecule has 1 unspecified atom stereocenters. The van der Waals surface area contributed by atoms with E-state index in [1.807, 2.05) is 37.3 Å². The molecular weight excluding hydrogens is 268 g/mol. The first-order valence-electron chi connectivity index (χ1n) is 6.72. The first kappa shape index (κ1) is 14.8. The lowest BCUT2D eigenvalue weighted by Crippen LogP contribution is -2.20. The Bertz CT molecular complexity index is 584. The van der Waals surface area contributed by atoms with Crippen molar-refractivity contribution >= 4 is 16.7 Å². The lowest BCUT2D eigenvalue weighted by molar-refractivity contribution is 0.666. The van der Waals surface area contributed by atoms with Gasteiger partial charge in [-0.15, -0.1) is 0 Å². The number of aryl methyl sites for hydroxylation is 2. The molecule has 0 aromatic heterocycles. The molecule has 3 nitrogen and oxygen atoms in total. The fourth-order valence-corrected chi connectivity index (χ4v) is 3.09. The third-order valence-electron chi connectivity index (χ3n) is 3.13. The van der Waals surface area contributed by atoms with Crippen molar-refractivity contribution in [2.45, 2.75) is 24.7 Å². The van der Waals surface area contributed by atoms with E-state index in [1.165, 1.54) is 5.56 Å². The Labute approximate surface area is 122 Å². The summed E-state index contributed by atoms with van der Waals surface area (Å²) in [7, 11) is -1.19. The van der Waals surface area contributed by atoms with Crippen LogP contribution in [0.1, 0.15) is 17.5 Å². The van der Waals surface area contributed by atoms with E-state index in [4.69, 9.17) is 5.73 Å². The van der Waals surface area contributed by atoms with Gasteiger partial charge < -0.3 is 5.73 Å². The van der Waals surface area contributed by atoms with Crippen molar-refractivity contribution < 1.29 is 4.21 Å². The molecule has 20 heavy (non-hydrogen) atoms. The van der Waals surface area contributed by atoms with Crippen molar-refractivity contribution in [2.24, 2.45) is 0 Å². The summed E-state index contributed by atoms with van der Waals surface area (Å²) in [6, 6.07) is 15.8. The predicted molar refractivity (Wildman–Crippen MR) is 84.8 cm³/mol. The van der Waals surface area contributed by atoms with Crippen LogP contribution in [-0.2, 0) is 17.4 Å². The quantitative estimate of drug-likeness (QED) is 0.634. The number of nitrogens with two attached hydrogens (primary N) is 1. The summed E-state index contributed by atoms with van der Waals surface area (Å²) >= 11 is 0. The molecule has 0 aliphatic rings. The summed E-state index contributed by atoms with van der Waals surface area (Å²) in [5.41, 5.74) is 8.68. The number of nitrogens with one attached hydrogen (secondary N) is 1. The molecule has 0 radical (unpaired) electrons. The Morgan fingerprint density at radius 3 is 2.65 bits per heavy atom. The monoisotopic (exact) mass is 288 g/mol. The standard InChI is InChI=1S/C16H20N2OS/c1-13-9-10-15(17)12-16(13)20(19)18-11-5-8-14-6-3-2-4-7-14/h2-4,6-7,9-10,12,18H,5,8,11,17H2,1H3. The molecule has 0 aliphatic heterocycles. The molecule has 0 bridgehead atoms. The van der Waals surface area contributed by atoms with Crippen molar-refractivity contribution in [3.8, 4) is 0 Å². The molecule has 3 N–H and O–H groups in total. The van der Waals surface area contributed by atoms with Crippen LogP contribution < -0.4 is 10.5 Å². The molecule has 0 amide bonds. The largest absolute Gasteiger partial charge is 0.399 e. The second-order valence-corrected chi connectivity index (χ2v) is 6.04. The van der Waals surface area contributed by atoms with E-state index in [1.54, 1.807) is 6.07 Å². The fraction of sp³-hybridized carbons (Fsp3) is 0.250. The minimum absolute atomic E-state index is 0.644. The third kappa shape index (κ3) is 4.18. The molecule has 2 aromatic carbocycles. The van der Waals surface area contributed by atoms with Gasteiger partial charge in [0.2, 0.25) is 0 Å². The van der Waals surface area contributed by atoms with E-state index in [0.29, 0.717) is 5.69 Å². The lowest BCUT2D eigenvalue weighted by atomic mass is 10.1. The van der Waals surface area contributed by atoms with Crippen LogP contribution in [0.15, 0.2) is 53.4 Å². The number of rotatable bonds is 6. The molecule has 0 heterocycles. The minimum atomic E-state index is -1.19. The first-order valence-corrected chi connectivity index (χ1v) is 7.87. The number of benzene rings is 2. The lowest BCUT2D eigenvalue weighted by Gasteiger charge is -2.08. The molecule has 0 aliphatic carbocycles. The Hall–Kier alpha value is -1.65. The van der Waals surface area contributed by atoms with E-state index in [-0.39, 0.29) is 0 Å². The summed E-state index contributed by atoms with van der Waals surface area (Å²) in [4.78, 5) is 0.768. The SMILES string of the molecule is Cc1ccc(N)cc1S(=O)NCCCc1ccccc1. The summed E-state index contributed by atoms with van der Waals surface area (Å²) < 4.78 is 15.2. The Balaban J connectivity index is 1.82. The van der Waals surface area contributed by atoms with Crippen LogP contribution in [0, 0.1) is 6.92 Å². The van der Waals surface area contributed by atoms with Gasteiger partial charge in [0.25, 0.3) is 0 Å². The number of anilines is 1. The van der Waals surface area contributed by atoms with Crippen molar-refractivity contribution in [1.82, 2.24) is 4.72 Å². The Morgan fingerprint density at radius 1 is 1.15 bits per heavy atom. The number of hydrogen-bond donors (Lipinski definition) is 2. The molecule has 1 atom stereocenters. The van der Waals surface area contributed by atoms with E-state index in [9.17, 15) is 4.21 Å². The van der Waals surface area contributed by atoms with Gasteiger partial charge in [-0.25, -0.2) is 8.93 Å². The van der Waals surface area contributed by atoms with Crippen LogP contribution in [0.2, 0.25) is 0 Å². The summed E-state index contributed by atoms with van der Waals surface area (Å²) in [6.07, 6.45) is 1.94. The van der Waals surface area contributed by atoms with E-state index >= 15 is 0 Å². The molecule has 0 saturated heterocycles. The third-order valence-corrected chi connectivity index (χ3v) is 4.44. The van der Waals surface area contributed by atoms with Crippen LogP contribution in [0.25, 0.3) is 0 Å². The number of hydrogen-bond acceptors (Lipinski definition) is 2. The maximum absolute atomic E-state index is 12.2. The van der Waals surface area contributed by atoms with Crippen molar-refractivity contribution in [1.29, 1.82) is 0 Å². The van der Waals surface area contributed by atoms with Gasteiger partial charge in [0.15, 0.2) is 0 Å². The number of nitrogen functional groups attached to an aromatic ring is 1. The molecule has 0 saturated carbocycles. The summed E-state index contributed by atoms with van der Waals surface area (Å²) in [6.45, 7) is 2.66. The van der Waals surface area contributed by atoms with Gasteiger partial charge in [0.1, 0.15) is 11.0 Å². The summed E-state index contributed by atoms with van der Waals surface area (Å²) in [5, 5.41) is 0. The highest BCUT2D eigenvalue weighted by Gasteiger charge is 2.07. The van der Waals surface area contributed by atoms with Gasteiger partial charge in [-0.05, 0) is 43.0 Å². The maximum Gasteiger partial charge on any atom is 0.125 e. The molecular formula is C16H20N2OS. The predicted octanol–water partition coefficient (Wildman–Crippen LogP) is 2.82. The van der Waals surface area contributed by atoms with Crippen molar-refractivity contribution in [2.75, 3.05) is 12.3 Å². The first-order chi connectivity index (χ1) is 9.66. The molecule has 2 rings (SSSR count). The average Bonchev–Trinajstić information content (AvgIpc) is 2.47. The smallest absolute Gasteiger partial charge is 0.125 e. The average molecular weight is 288 g/mol. The van der Waals surface area contributed by atoms with E-state index in [2.05, 4.69) is 16.9 Å². The van der Waals surface area contributed by atoms with Crippen LogP contribution >= 0.6 is 0 Å². The highest BCUT2D eigenvalue weighted by molar-refractivity contribution is 7.83. The second kappa shape index (κ2) is 7.22. The van der Waals surface area contributed by atoms with Gasteiger partial charge in [0, 0.05) is 12.2 Å². The van der Waals surface area contributed by atoms with Crippen molar-refractivity contribution in [3.05, 3.63) is 59.7 Å². The highest BCUT2D eigenvalue weighted by Crippen LogP contribution is 2.15. The van der Waals surface area contributed by atoms with Gasteiger partial charge in [-0.1, -0.05) is 36.4 Å². The Morgan fingerprint density at radius 2 is 1.90 bits per heavy atom.